The molecule has 86 valence electrons. The van der Waals surface area contributed by atoms with Crippen molar-refractivity contribution in [2.45, 2.75) is 38.3 Å². The van der Waals surface area contributed by atoms with Gasteiger partial charge in [0.2, 0.25) is 5.91 Å². The highest BCUT2D eigenvalue weighted by atomic mass is 16.1. The smallest absolute Gasteiger partial charge is 0.217 e. The highest BCUT2D eigenvalue weighted by Crippen LogP contribution is 2.13. The van der Waals surface area contributed by atoms with Gasteiger partial charge in [-0.05, 0) is 25.8 Å². The second-order valence-electron chi connectivity index (χ2n) is 4.74. The van der Waals surface area contributed by atoms with E-state index in [0.717, 1.165) is 26.1 Å². The third-order valence-corrected chi connectivity index (χ3v) is 3.32. The van der Waals surface area contributed by atoms with E-state index in [4.69, 9.17) is 0 Å². The van der Waals surface area contributed by atoms with Gasteiger partial charge in [0.05, 0.1) is 0 Å². The fourth-order valence-corrected chi connectivity index (χ4v) is 2.63. The highest BCUT2D eigenvalue weighted by molar-refractivity contribution is 5.73. The van der Waals surface area contributed by atoms with E-state index in [1.54, 1.807) is 6.92 Å². The van der Waals surface area contributed by atoms with E-state index < -0.39 is 0 Å². The van der Waals surface area contributed by atoms with Gasteiger partial charge in [-0.25, -0.2) is 0 Å². The summed E-state index contributed by atoms with van der Waals surface area (Å²) < 4.78 is 0. The van der Waals surface area contributed by atoms with Gasteiger partial charge in [-0.2, -0.15) is 0 Å². The lowest BCUT2D eigenvalue weighted by Gasteiger charge is -2.20. The summed E-state index contributed by atoms with van der Waals surface area (Å²) in [4.78, 5) is 13.4. The lowest BCUT2D eigenvalue weighted by Crippen LogP contribution is -2.39. The SMILES string of the molecule is CC(=O)NC1CCN(C[C@@H]2CCCN2)C1. The molecule has 4 nitrogen and oxygen atoms in total. The normalized spacial score (nSPS) is 32.1. The molecule has 4 heteroatoms. The number of amides is 1. The number of carbonyl (C=O) groups is 1. The van der Waals surface area contributed by atoms with Crippen molar-refractivity contribution in [1.82, 2.24) is 15.5 Å². The Hall–Kier alpha value is -0.610. The molecule has 0 spiro atoms. The Morgan fingerprint density at radius 3 is 3.07 bits per heavy atom. The van der Waals surface area contributed by atoms with Crippen LogP contribution >= 0.6 is 0 Å². The first-order chi connectivity index (χ1) is 7.24. The number of carbonyl (C=O) groups excluding carboxylic acids is 1. The first-order valence-corrected chi connectivity index (χ1v) is 5.97. The van der Waals surface area contributed by atoms with Gasteiger partial charge in [0.25, 0.3) is 0 Å². The standard InChI is InChI=1S/C11H21N3O/c1-9(15)13-11-4-6-14(8-11)7-10-3-2-5-12-10/h10-12H,2-8H2,1H3,(H,13,15)/t10-,11?/m0/s1. The Balaban J connectivity index is 1.70. The molecule has 0 aromatic carbocycles. The van der Waals surface area contributed by atoms with E-state index in [-0.39, 0.29) is 5.91 Å². The van der Waals surface area contributed by atoms with Crippen LogP contribution in [0.2, 0.25) is 0 Å². The van der Waals surface area contributed by atoms with Crippen molar-refractivity contribution in [2.75, 3.05) is 26.2 Å². The van der Waals surface area contributed by atoms with Crippen molar-refractivity contribution in [2.24, 2.45) is 0 Å². The Morgan fingerprint density at radius 2 is 2.40 bits per heavy atom. The van der Waals surface area contributed by atoms with E-state index in [1.807, 2.05) is 0 Å². The summed E-state index contributed by atoms with van der Waals surface area (Å²) in [5.41, 5.74) is 0. The van der Waals surface area contributed by atoms with E-state index >= 15 is 0 Å². The number of likely N-dealkylation sites (tertiary alicyclic amines) is 1. The van der Waals surface area contributed by atoms with Gasteiger partial charge in [-0.1, -0.05) is 0 Å². The van der Waals surface area contributed by atoms with Gasteiger partial charge in [0.1, 0.15) is 0 Å². The fourth-order valence-electron chi connectivity index (χ4n) is 2.63. The van der Waals surface area contributed by atoms with Crippen LogP contribution in [0.25, 0.3) is 0 Å². The lowest BCUT2D eigenvalue weighted by molar-refractivity contribution is -0.119. The van der Waals surface area contributed by atoms with Crippen LogP contribution in [0.1, 0.15) is 26.2 Å². The summed E-state index contributed by atoms with van der Waals surface area (Å²) in [5.74, 6) is 0.0980. The molecule has 2 aliphatic heterocycles. The predicted octanol–water partition coefficient (Wildman–Crippen LogP) is -0.0512. The van der Waals surface area contributed by atoms with Crippen LogP contribution in [0.3, 0.4) is 0 Å². The van der Waals surface area contributed by atoms with Crippen molar-refractivity contribution in [3.05, 3.63) is 0 Å². The topological polar surface area (TPSA) is 44.4 Å². The molecule has 0 bridgehead atoms. The molecule has 0 aromatic rings. The van der Waals surface area contributed by atoms with Crippen LogP contribution in [0.5, 0.6) is 0 Å². The highest BCUT2D eigenvalue weighted by Gasteiger charge is 2.25. The predicted molar refractivity (Wildman–Crippen MR) is 59.7 cm³/mol. The van der Waals surface area contributed by atoms with Crippen molar-refractivity contribution in [1.29, 1.82) is 0 Å². The van der Waals surface area contributed by atoms with Crippen molar-refractivity contribution in [3.63, 3.8) is 0 Å². The quantitative estimate of drug-likeness (QED) is 0.688. The maximum Gasteiger partial charge on any atom is 0.217 e. The Morgan fingerprint density at radius 1 is 1.53 bits per heavy atom. The van der Waals surface area contributed by atoms with Gasteiger partial charge in [-0.15, -0.1) is 0 Å². The molecule has 2 fully saturated rings. The number of nitrogens with one attached hydrogen (secondary N) is 2. The van der Waals surface area contributed by atoms with Gasteiger partial charge < -0.3 is 10.6 Å². The number of nitrogens with zero attached hydrogens (tertiary/aromatic N) is 1. The Bertz CT molecular complexity index is 226. The van der Waals surface area contributed by atoms with Crippen LogP contribution < -0.4 is 10.6 Å². The van der Waals surface area contributed by atoms with Crippen molar-refractivity contribution in [3.8, 4) is 0 Å². The van der Waals surface area contributed by atoms with Crippen molar-refractivity contribution >= 4 is 5.91 Å². The summed E-state index contributed by atoms with van der Waals surface area (Å²) in [6.45, 7) is 6.08. The monoisotopic (exact) mass is 211 g/mol. The van der Waals surface area contributed by atoms with Crippen molar-refractivity contribution < 1.29 is 4.79 Å². The Labute approximate surface area is 91.4 Å². The second-order valence-corrected chi connectivity index (χ2v) is 4.74. The second kappa shape index (κ2) is 4.94. The van der Waals surface area contributed by atoms with E-state index in [1.165, 1.54) is 19.4 Å². The van der Waals surface area contributed by atoms with Gasteiger partial charge in [0.15, 0.2) is 0 Å². The molecule has 15 heavy (non-hydrogen) atoms. The summed E-state index contributed by atoms with van der Waals surface area (Å²) in [6, 6.07) is 1.06. The summed E-state index contributed by atoms with van der Waals surface area (Å²) in [6.07, 6.45) is 3.72. The molecule has 2 N–H and O–H groups in total. The first-order valence-electron chi connectivity index (χ1n) is 5.97. The van der Waals surface area contributed by atoms with Crippen LogP contribution in [0.15, 0.2) is 0 Å². The molecule has 2 saturated heterocycles. The fraction of sp³-hybridized carbons (Fsp3) is 0.909. The minimum atomic E-state index is 0.0980. The molecule has 0 aliphatic carbocycles. The lowest BCUT2D eigenvalue weighted by atomic mass is 10.2. The zero-order valence-electron chi connectivity index (χ0n) is 9.46. The molecule has 2 atom stereocenters. The minimum absolute atomic E-state index is 0.0980. The van der Waals surface area contributed by atoms with E-state index in [9.17, 15) is 4.79 Å². The number of hydrogen-bond donors (Lipinski definition) is 2. The van der Waals surface area contributed by atoms with Crippen LogP contribution in [0.4, 0.5) is 0 Å². The average Bonchev–Trinajstić information content (AvgIpc) is 2.77. The zero-order valence-corrected chi connectivity index (χ0v) is 9.46. The van der Waals surface area contributed by atoms with Crippen LogP contribution in [-0.4, -0.2) is 49.1 Å². The first kappa shape index (κ1) is 10.9. The number of hydrogen-bond acceptors (Lipinski definition) is 3. The molecule has 1 amide bonds. The molecular weight excluding hydrogens is 190 g/mol. The molecule has 0 aromatic heterocycles. The maximum atomic E-state index is 10.9. The molecule has 0 radical (unpaired) electrons. The summed E-state index contributed by atoms with van der Waals surface area (Å²) in [7, 11) is 0. The maximum absolute atomic E-state index is 10.9. The third kappa shape index (κ3) is 3.18. The summed E-state index contributed by atoms with van der Waals surface area (Å²) >= 11 is 0. The Kier molecular flexibility index (Phi) is 3.59. The van der Waals surface area contributed by atoms with E-state index in [0.29, 0.717) is 12.1 Å². The molecule has 2 heterocycles. The summed E-state index contributed by atoms with van der Waals surface area (Å²) in [5, 5.41) is 6.51. The number of rotatable bonds is 3. The average molecular weight is 211 g/mol. The molecule has 1 unspecified atom stereocenters. The minimum Gasteiger partial charge on any atom is -0.352 e. The molecule has 2 aliphatic rings. The molecule has 2 rings (SSSR count). The van der Waals surface area contributed by atoms with Gasteiger partial charge in [-0.3, -0.25) is 9.69 Å². The molecule has 0 saturated carbocycles. The van der Waals surface area contributed by atoms with Crippen LogP contribution in [-0.2, 0) is 4.79 Å². The van der Waals surface area contributed by atoms with Crippen LogP contribution in [0, 0.1) is 0 Å². The van der Waals surface area contributed by atoms with Gasteiger partial charge >= 0.3 is 0 Å². The largest absolute Gasteiger partial charge is 0.352 e. The third-order valence-electron chi connectivity index (χ3n) is 3.32. The van der Waals surface area contributed by atoms with Gasteiger partial charge in [0, 0.05) is 38.6 Å². The zero-order chi connectivity index (χ0) is 10.7. The molecular formula is C11H21N3O. The van der Waals surface area contributed by atoms with E-state index in [2.05, 4.69) is 15.5 Å².